The van der Waals surface area contributed by atoms with E-state index in [9.17, 15) is 0 Å². The lowest BCUT2D eigenvalue weighted by atomic mass is 9.90. The lowest BCUT2D eigenvalue weighted by molar-refractivity contribution is 0.824. The first-order valence-electron chi connectivity index (χ1n) is 9.16. The molecule has 0 aliphatic carbocycles. The lowest BCUT2D eigenvalue weighted by Crippen LogP contribution is -2.03. The summed E-state index contributed by atoms with van der Waals surface area (Å²) in [4.78, 5) is 8.64. The van der Waals surface area contributed by atoms with Crippen LogP contribution in [0.1, 0.15) is 47.4 Å². The Hall–Kier alpha value is -2.74. The van der Waals surface area contributed by atoms with E-state index < -0.39 is 0 Å². The number of hydrogen-bond donors (Lipinski definition) is 0. The highest BCUT2D eigenvalue weighted by atomic mass is 14.6. The summed E-state index contributed by atoms with van der Waals surface area (Å²) in [5, 5.41) is 0. The number of hydrogen-bond acceptors (Lipinski definition) is 2. The van der Waals surface area contributed by atoms with E-state index in [0.717, 1.165) is 32.1 Å². The van der Waals surface area contributed by atoms with Crippen molar-refractivity contribution < 1.29 is 0 Å². The third-order valence-corrected chi connectivity index (χ3v) is 4.49. The Labute approximate surface area is 157 Å². The molecule has 0 saturated heterocycles. The third-order valence-electron chi connectivity index (χ3n) is 4.49. The Bertz CT molecular complexity index is 758. The first-order valence-corrected chi connectivity index (χ1v) is 9.16. The predicted molar refractivity (Wildman–Crippen MR) is 112 cm³/mol. The predicted octanol–water partition coefficient (Wildman–Crippen LogP) is 6.09. The summed E-state index contributed by atoms with van der Waals surface area (Å²) in [6.07, 6.45) is 22.7. The molecule has 0 aromatic carbocycles. The molecule has 0 spiro atoms. The fourth-order valence-electron chi connectivity index (χ4n) is 3.04. The van der Waals surface area contributed by atoms with Gasteiger partial charge in [-0.05, 0) is 66.5 Å². The molecule has 2 aromatic heterocycles. The second-order valence-corrected chi connectivity index (χ2v) is 6.28. The summed E-state index contributed by atoms with van der Waals surface area (Å²) >= 11 is 0. The molecule has 0 amide bonds. The van der Waals surface area contributed by atoms with Crippen molar-refractivity contribution >= 4 is 6.08 Å². The maximum atomic E-state index is 4.33. The highest BCUT2D eigenvalue weighted by Crippen LogP contribution is 2.25. The number of unbranched alkanes of at least 4 members (excludes halogenated alkanes) is 1. The maximum Gasteiger partial charge on any atom is 0.0305 e. The minimum absolute atomic E-state index is 0.290. The molecular weight excluding hydrogens is 316 g/mol. The molecule has 1 atom stereocenters. The standard InChI is InChI=1S/C24H28N2/c1-4-7-8-9-11-21-14-16-25-18-22(21)12-13-23-19-26-17-15-24(23)20(6-3)10-5-2/h4-6,9,11,14-20H,1-3,7-8,10,12-13H2/b11-9+. The smallest absolute Gasteiger partial charge is 0.0305 e. The molecule has 26 heavy (non-hydrogen) atoms. The summed E-state index contributed by atoms with van der Waals surface area (Å²) < 4.78 is 0. The van der Waals surface area contributed by atoms with Gasteiger partial charge in [0.25, 0.3) is 0 Å². The first-order chi connectivity index (χ1) is 12.8. The fraction of sp³-hybridized carbons (Fsp3) is 0.250. The van der Waals surface area contributed by atoms with Crippen molar-refractivity contribution in [2.24, 2.45) is 0 Å². The van der Waals surface area contributed by atoms with Crippen molar-refractivity contribution in [2.75, 3.05) is 0 Å². The second kappa shape index (κ2) is 11.0. The van der Waals surface area contributed by atoms with Gasteiger partial charge in [-0.1, -0.05) is 30.4 Å². The van der Waals surface area contributed by atoms with E-state index >= 15 is 0 Å². The van der Waals surface area contributed by atoms with Crippen LogP contribution in [-0.4, -0.2) is 9.97 Å². The Kier molecular flexibility index (Phi) is 8.28. The molecule has 1 unspecified atom stereocenters. The van der Waals surface area contributed by atoms with Crippen LogP contribution in [-0.2, 0) is 12.8 Å². The largest absolute Gasteiger partial charge is 0.264 e. The van der Waals surface area contributed by atoms with Crippen LogP contribution in [0.5, 0.6) is 0 Å². The van der Waals surface area contributed by atoms with Gasteiger partial charge in [0.15, 0.2) is 0 Å². The van der Waals surface area contributed by atoms with E-state index in [1.165, 1.54) is 22.3 Å². The normalized spacial score (nSPS) is 12.0. The Morgan fingerprint density at radius 1 is 0.885 bits per heavy atom. The van der Waals surface area contributed by atoms with Crippen molar-refractivity contribution in [3.8, 4) is 0 Å². The van der Waals surface area contributed by atoms with Gasteiger partial charge < -0.3 is 0 Å². The van der Waals surface area contributed by atoms with Gasteiger partial charge >= 0.3 is 0 Å². The van der Waals surface area contributed by atoms with Crippen LogP contribution in [0.2, 0.25) is 0 Å². The minimum atomic E-state index is 0.290. The van der Waals surface area contributed by atoms with Crippen LogP contribution in [0.25, 0.3) is 6.08 Å². The van der Waals surface area contributed by atoms with Crippen LogP contribution in [0.3, 0.4) is 0 Å². The van der Waals surface area contributed by atoms with Gasteiger partial charge in [-0.2, -0.15) is 0 Å². The van der Waals surface area contributed by atoms with Gasteiger partial charge in [-0.15, -0.1) is 19.7 Å². The molecule has 0 fully saturated rings. The zero-order chi connectivity index (χ0) is 18.6. The molecule has 2 nitrogen and oxygen atoms in total. The molecule has 2 aromatic rings. The van der Waals surface area contributed by atoms with Crippen LogP contribution in [0.15, 0.2) is 81.0 Å². The summed E-state index contributed by atoms with van der Waals surface area (Å²) in [5.41, 5.74) is 5.06. The Balaban J connectivity index is 2.14. The maximum absolute atomic E-state index is 4.33. The van der Waals surface area contributed by atoms with Crippen molar-refractivity contribution in [2.45, 2.75) is 38.0 Å². The van der Waals surface area contributed by atoms with E-state index in [1.54, 1.807) is 0 Å². The van der Waals surface area contributed by atoms with Crippen LogP contribution in [0, 0.1) is 0 Å². The molecule has 134 valence electrons. The summed E-state index contributed by atoms with van der Waals surface area (Å²) in [5.74, 6) is 0.290. The van der Waals surface area contributed by atoms with E-state index in [1.807, 2.05) is 43.0 Å². The molecule has 2 rings (SSSR count). The highest BCUT2D eigenvalue weighted by molar-refractivity contribution is 5.53. The molecule has 0 aliphatic rings. The summed E-state index contributed by atoms with van der Waals surface area (Å²) in [6.45, 7) is 11.6. The topological polar surface area (TPSA) is 25.8 Å². The summed E-state index contributed by atoms with van der Waals surface area (Å²) in [6, 6.07) is 4.18. The van der Waals surface area contributed by atoms with E-state index in [4.69, 9.17) is 0 Å². The van der Waals surface area contributed by atoms with Gasteiger partial charge in [0, 0.05) is 30.7 Å². The number of pyridine rings is 2. The van der Waals surface area contributed by atoms with Crippen molar-refractivity contribution in [3.63, 3.8) is 0 Å². The van der Waals surface area contributed by atoms with Gasteiger partial charge in [0.2, 0.25) is 0 Å². The van der Waals surface area contributed by atoms with Gasteiger partial charge in [0.1, 0.15) is 0 Å². The lowest BCUT2D eigenvalue weighted by Gasteiger charge is -2.15. The third kappa shape index (κ3) is 5.66. The summed E-state index contributed by atoms with van der Waals surface area (Å²) in [7, 11) is 0. The molecule has 0 saturated carbocycles. The minimum Gasteiger partial charge on any atom is -0.264 e. The number of rotatable bonds is 11. The van der Waals surface area contributed by atoms with Gasteiger partial charge in [0.05, 0.1) is 0 Å². The highest BCUT2D eigenvalue weighted by Gasteiger charge is 2.11. The molecule has 2 heterocycles. The average molecular weight is 345 g/mol. The molecule has 2 heteroatoms. The molecule has 0 N–H and O–H groups in total. The monoisotopic (exact) mass is 344 g/mol. The van der Waals surface area contributed by atoms with Crippen molar-refractivity contribution in [3.05, 3.63) is 103 Å². The molecule has 0 bridgehead atoms. The zero-order valence-corrected chi connectivity index (χ0v) is 15.5. The molecule has 0 radical (unpaired) electrons. The van der Waals surface area contributed by atoms with Crippen molar-refractivity contribution in [1.29, 1.82) is 0 Å². The van der Waals surface area contributed by atoms with Crippen LogP contribution < -0.4 is 0 Å². The van der Waals surface area contributed by atoms with E-state index in [2.05, 4.69) is 54.0 Å². The number of aryl methyl sites for hydroxylation is 2. The average Bonchev–Trinajstić information content (AvgIpc) is 2.69. The van der Waals surface area contributed by atoms with Crippen LogP contribution >= 0.6 is 0 Å². The van der Waals surface area contributed by atoms with E-state index in [0.29, 0.717) is 0 Å². The fourth-order valence-corrected chi connectivity index (χ4v) is 3.04. The zero-order valence-electron chi connectivity index (χ0n) is 15.5. The molecular formula is C24H28N2. The first kappa shape index (κ1) is 19.6. The molecule has 0 aliphatic heterocycles. The number of nitrogens with zero attached hydrogens (tertiary/aromatic N) is 2. The second-order valence-electron chi connectivity index (χ2n) is 6.28. The van der Waals surface area contributed by atoms with E-state index in [-0.39, 0.29) is 5.92 Å². The number of allylic oxidation sites excluding steroid dienone is 4. The SMILES string of the molecule is C=CCC/C=C/c1ccncc1CCc1cnccc1C(C=C)CC=C. The van der Waals surface area contributed by atoms with Gasteiger partial charge in [-0.3, -0.25) is 9.97 Å². The number of aromatic nitrogens is 2. The van der Waals surface area contributed by atoms with Gasteiger partial charge in [-0.25, -0.2) is 0 Å². The van der Waals surface area contributed by atoms with Crippen LogP contribution in [0.4, 0.5) is 0 Å². The quantitative estimate of drug-likeness (QED) is 0.364. The Morgan fingerprint density at radius 2 is 1.62 bits per heavy atom. The Morgan fingerprint density at radius 3 is 2.35 bits per heavy atom. The van der Waals surface area contributed by atoms with Crippen molar-refractivity contribution in [1.82, 2.24) is 9.97 Å².